The summed E-state index contributed by atoms with van der Waals surface area (Å²) in [5.74, 6) is -1.53. The lowest BCUT2D eigenvalue weighted by atomic mass is 10.1. The Hall–Kier alpha value is -2.95. The third kappa shape index (κ3) is 2.53. The Morgan fingerprint density at radius 1 is 1.05 bits per heavy atom. The SMILES string of the molecule is O=C(O)c1cc(-c2ccccc2)n(-c2cccc(F)c2)n1. The number of carbonyl (C=O) groups is 1. The summed E-state index contributed by atoms with van der Waals surface area (Å²) in [6.07, 6.45) is 0. The molecule has 1 heterocycles. The molecule has 1 N–H and O–H groups in total. The van der Waals surface area contributed by atoms with Gasteiger partial charge in [0.15, 0.2) is 5.69 Å². The van der Waals surface area contributed by atoms with Gasteiger partial charge in [-0.2, -0.15) is 5.10 Å². The van der Waals surface area contributed by atoms with Crippen LogP contribution in [0.2, 0.25) is 0 Å². The molecule has 5 heteroatoms. The lowest BCUT2D eigenvalue weighted by Crippen LogP contribution is -2.02. The van der Waals surface area contributed by atoms with Gasteiger partial charge in [-0.15, -0.1) is 0 Å². The van der Waals surface area contributed by atoms with E-state index in [1.807, 2.05) is 30.3 Å². The van der Waals surface area contributed by atoms with Crippen LogP contribution in [0.25, 0.3) is 16.9 Å². The van der Waals surface area contributed by atoms with Gasteiger partial charge in [0.25, 0.3) is 0 Å². The van der Waals surface area contributed by atoms with E-state index in [4.69, 9.17) is 5.11 Å². The molecule has 0 amide bonds. The van der Waals surface area contributed by atoms with E-state index in [-0.39, 0.29) is 5.69 Å². The van der Waals surface area contributed by atoms with Crippen molar-refractivity contribution in [2.75, 3.05) is 0 Å². The molecular weight excluding hydrogens is 271 g/mol. The van der Waals surface area contributed by atoms with E-state index >= 15 is 0 Å². The second-order valence-electron chi connectivity index (χ2n) is 4.48. The Morgan fingerprint density at radius 3 is 2.48 bits per heavy atom. The fourth-order valence-electron chi connectivity index (χ4n) is 2.10. The standard InChI is InChI=1S/C16H11FN2O2/c17-12-7-4-8-13(9-12)19-15(10-14(18-19)16(20)21)11-5-2-1-3-6-11/h1-10H,(H,20,21). The normalized spacial score (nSPS) is 10.5. The molecule has 104 valence electrons. The third-order valence-corrected chi connectivity index (χ3v) is 3.05. The lowest BCUT2D eigenvalue weighted by Gasteiger charge is -2.07. The zero-order valence-corrected chi connectivity index (χ0v) is 10.9. The summed E-state index contributed by atoms with van der Waals surface area (Å²) in [5.41, 5.74) is 1.79. The van der Waals surface area contributed by atoms with Gasteiger partial charge in [-0.05, 0) is 24.3 Å². The molecule has 0 atom stereocenters. The molecule has 0 radical (unpaired) electrons. The number of hydrogen-bond donors (Lipinski definition) is 1. The van der Waals surface area contributed by atoms with Gasteiger partial charge in [0.05, 0.1) is 11.4 Å². The van der Waals surface area contributed by atoms with Crippen LogP contribution in [0.4, 0.5) is 4.39 Å². The fraction of sp³-hybridized carbons (Fsp3) is 0. The van der Waals surface area contributed by atoms with Crippen molar-refractivity contribution in [2.45, 2.75) is 0 Å². The predicted molar refractivity (Wildman–Crippen MR) is 75.9 cm³/mol. The monoisotopic (exact) mass is 282 g/mol. The summed E-state index contributed by atoms with van der Waals surface area (Å²) in [6, 6.07) is 16.6. The van der Waals surface area contributed by atoms with E-state index in [0.717, 1.165) is 5.56 Å². The highest BCUT2D eigenvalue weighted by molar-refractivity contribution is 5.87. The first kappa shape index (κ1) is 13.1. The first-order valence-electron chi connectivity index (χ1n) is 6.30. The molecule has 0 fully saturated rings. The van der Waals surface area contributed by atoms with Crippen molar-refractivity contribution < 1.29 is 14.3 Å². The Labute approximate surface area is 120 Å². The van der Waals surface area contributed by atoms with E-state index in [1.54, 1.807) is 12.1 Å². The number of aromatic nitrogens is 2. The Morgan fingerprint density at radius 2 is 1.81 bits per heavy atom. The second-order valence-corrected chi connectivity index (χ2v) is 4.48. The largest absolute Gasteiger partial charge is 0.476 e. The van der Waals surface area contributed by atoms with E-state index < -0.39 is 11.8 Å². The third-order valence-electron chi connectivity index (χ3n) is 3.05. The van der Waals surface area contributed by atoms with Crippen LogP contribution in [-0.2, 0) is 0 Å². The first-order valence-corrected chi connectivity index (χ1v) is 6.30. The van der Waals surface area contributed by atoms with E-state index in [0.29, 0.717) is 11.4 Å². The van der Waals surface area contributed by atoms with Gasteiger partial charge in [0, 0.05) is 5.56 Å². The van der Waals surface area contributed by atoms with E-state index in [1.165, 1.54) is 22.9 Å². The van der Waals surface area contributed by atoms with Crippen LogP contribution in [0.5, 0.6) is 0 Å². The predicted octanol–water partition coefficient (Wildman–Crippen LogP) is 3.38. The minimum Gasteiger partial charge on any atom is -0.476 e. The van der Waals surface area contributed by atoms with Crippen LogP contribution in [0.1, 0.15) is 10.5 Å². The van der Waals surface area contributed by atoms with Gasteiger partial charge in [-0.25, -0.2) is 13.9 Å². The number of aromatic carboxylic acids is 1. The summed E-state index contributed by atoms with van der Waals surface area (Å²) in [6.45, 7) is 0. The maximum absolute atomic E-state index is 13.4. The highest BCUT2D eigenvalue weighted by atomic mass is 19.1. The number of carboxylic acid groups (broad SMARTS) is 1. The van der Waals surface area contributed by atoms with Crippen LogP contribution in [-0.4, -0.2) is 20.9 Å². The molecule has 2 aromatic carbocycles. The van der Waals surface area contributed by atoms with Gasteiger partial charge in [0.2, 0.25) is 0 Å². The summed E-state index contributed by atoms with van der Waals surface area (Å²) in [5, 5.41) is 13.2. The van der Waals surface area contributed by atoms with Crippen molar-refractivity contribution in [3.8, 4) is 16.9 Å². The minimum absolute atomic E-state index is 0.0851. The van der Waals surface area contributed by atoms with E-state index in [2.05, 4.69) is 5.10 Å². The number of carboxylic acids is 1. The maximum Gasteiger partial charge on any atom is 0.356 e. The van der Waals surface area contributed by atoms with Crippen LogP contribution in [0.15, 0.2) is 60.7 Å². The van der Waals surface area contributed by atoms with Gasteiger partial charge in [0.1, 0.15) is 5.82 Å². The summed E-state index contributed by atoms with van der Waals surface area (Å²) in [7, 11) is 0. The smallest absolute Gasteiger partial charge is 0.356 e. The molecule has 0 saturated carbocycles. The molecule has 0 spiro atoms. The molecule has 0 saturated heterocycles. The number of hydrogen-bond acceptors (Lipinski definition) is 2. The van der Waals surface area contributed by atoms with Crippen LogP contribution in [0.3, 0.4) is 0 Å². The Kier molecular flexibility index (Phi) is 3.23. The van der Waals surface area contributed by atoms with Crippen LogP contribution < -0.4 is 0 Å². The average molecular weight is 282 g/mol. The fourth-order valence-corrected chi connectivity index (χ4v) is 2.10. The summed E-state index contributed by atoms with van der Waals surface area (Å²) < 4.78 is 14.8. The van der Waals surface area contributed by atoms with Crippen molar-refractivity contribution in [2.24, 2.45) is 0 Å². The topological polar surface area (TPSA) is 55.1 Å². The van der Waals surface area contributed by atoms with Gasteiger partial charge < -0.3 is 5.11 Å². The zero-order valence-electron chi connectivity index (χ0n) is 10.9. The Balaban J connectivity index is 2.21. The van der Waals surface area contributed by atoms with Crippen molar-refractivity contribution >= 4 is 5.97 Å². The summed E-state index contributed by atoms with van der Waals surface area (Å²) in [4.78, 5) is 11.1. The van der Waals surface area contributed by atoms with Crippen molar-refractivity contribution in [3.63, 3.8) is 0 Å². The van der Waals surface area contributed by atoms with Crippen molar-refractivity contribution in [3.05, 3.63) is 72.2 Å². The van der Waals surface area contributed by atoms with Crippen LogP contribution in [0, 0.1) is 5.82 Å². The molecule has 3 aromatic rings. The van der Waals surface area contributed by atoms with Crippen molar-refractivity contribution in [1.29, 1.82) is 0 Å². The number of rotatable bonds is 3. The van der Waals surface area contributed by atoms with E-state index in [9.17, 15) is 9.18 Å². The minimum atomic E-state index is -1.12. The molecule has 0 unspecified atom stereocenters. The molecule has 1 aromatic heterocycles. The number of halogens is 1. The van der Waals surface area contributed by atoms with Crippen molar-refractivity contribution in [1.82, 2.24) is 9.78 Å². The molecular formula is C16H11FN2O2. The summed E-state index contributed by atoms with van der Waals surface area (Å²) >= 11 is 0. The van der Waals surface area contributed by atoms with Gasteiger partial charge in [-0.3, -0.25) is 0 Å². The molecule has 0 aliphatic carbocycles. The average Bonchev–Trinajstić information content (AvgIpc) is 2.93. The Bertz CT molecular complexity index is 797. The molecule has 0 aliphatic rings. The van der Waals surface area contributed by atoms with Crippen LogP contribution >= 0.6 is 0 Å². The first-order chi connectivity index (χ1) is 10.1. The quantitative estimate of drug-likeness (QED) is 0.801. The zero-order chi connectivity index (χ0) is 14.8. The molecule has 0 aliphatic heterocycles. The lowest BCUT2D eigenvalue weighted by molar-refractivity contribution is 0.0690. The maximum atomic E-state index is 13.4. The molecule has 3 rings (SSSR count). The number of nitrogens with zero attached hydrogens (tertiary/aromatic N) is 2. The molecule has 4 nitrogen and oxygen atoms in total. The van der Waals surface area contributed by atoms with Gasteiger partial charge >= 0.3 is 5.97 Å². The molecule has 0 bridgehead atoms. The highest BCUT2D eigenvalue weighted by Gasteiger charge is 2.15. The second kappa shape index (κ2) is 5.20. The molecule has 21 heavy (non-hydrogen) atoms. The highest BCUT2D eigenvalue weighted by Crippen LogP contribution is 2.24. The number of benzene rings is 2. The van der Waals surface area contributed by atoms with Gasteiger partial charge in [-0.1, -0.05) is 36.4 Å².